The topological polar surface area (TPSA) is 76.7 Å². The Balaban J connectivity index is 1.70. The van der Waals surface area contributed by atoms with E-state index in [2.05, 4.69) is 10.6 Å². The summed E-state index contributed by atoms with van der Waals surface area (Å²) in [7, 11) is 3.02. The Kier molecular flexibility index (Phi) is 6.76. The maximum absolute atomic E-state index is 12.4. The van der Waals surface area contributed by atoms with Crippen molar-refractivity contribution >= 4 is 35.0 Å². The zero-order valence-electron chi connectivity index (χ0n) is 16.0. The fourth-order valence-electron chi connectivity index (χ4n) is 2.56. The average Bonchev–Trinajstić information content (AvgIpc) is 2.75. The highest BCUT2D eigenvalue weighted by molar-refractivity contribution is 7.99. The second kappa shape index (κ2) is 9.66. The molecule has 148 valence electrons. The molecular weight excluding hydrogens is 388 g/mol. The lowest BCUT2D eigenvalue weighted by atomic mass is 10.2. The van der Waals surface area contributed by atoms with E-state index in [1.54, 1.807) is 30.3 Å². The zero-order chi connectivity index (χ0) is 20.6. The number of nitrogens with one attached hydrogen (secondary N) is 2. The molecular formula is C22H20N2O4S. The van der Waals surface area contributed by atoms with E-state index in [0.717, 1.165) is 9.79 Å². The Labute approximate surface area is 173 Å². The quantitative estimate of drug-likeness (QED) is 0.590. The number of benzene rings is 3. The van der Waals surface area contributed by atoms with Crippen LogP contribution >= 0.6 is 11.8 Å². The van der Waals surface area contributed by atoms with E-state index in [4.69, 9.17) is 9.47 Å². The van der Waals surface area contributed by atoms with E-state index < -0.39 is 11.8 Å². The molecule has 0 spiro atoms. The van der Waals surface area contributed by atoms with E-state index >= 15 is 0 Å². The first-order chi connectivity index (χ1) is 14.1. The van der Waals surface area contributed by atoms with Crippen molar-refractivity contribution in [2.24, 2.45) is 0 Å². The van der Waals surface area contributed by atoms with Crippen molar-refractivity contribution in [1.29, 1.82) is 0 Å². The van der Waals surface area contributed by atoms with Crippen LogP contribution in [0.4, 0.5) is 11.4 Å². The molecule has 0 saturated carbocycles. The molecule has 6 nitrogen and oxygen atoms in total. The first kappa shape index (κ1) is 20.3. The Morgan fingerprint density at radius 3 is 2.14 bits per heavy atom. The minimum Gasteiger partial charge on any atom is -0.493 e. The van der Waals surface area contributed by atoms with E-state index in [-0.39, 0.29) is 0 Å². The third kappa shape index (κ3) is 5.30. The number of para-hydroxylation sites is 1. The van der Waals surface area contributed by atoms with Crippen LogP contribution in [-0.2, 0) is 9.59 Å². The van der Waals surface area contributed by atoms with Crippen molar-refractivity contribution in [2.75, 3.05) is 24.9 Å². The zero-order valence-corrected chi connectivity index (χ0v) is 16.8. The van der Waals surface area contributed by atoms with E-state index in [1.165, 1.54) is 26.0 Å². The Morgan fingerprint density at radius 1 is 0.759 bits per heavy atom. The molecule has 0 heterocycles. The molecule has 0 atom stereocenters. The second-order valence-electron chi connectivity index (χ2n) is 5.89. The van der Waals surface area contributed by atoms with Gasteiger partial charge in [-0.15, -0.1) is 0 Å². The molecule has 0 radical (unpaired) electrons. The summed E-state index contributed by atoms with van der Waals surface area (Å²) in [4.78, 5) is 26.6. The summed E-state index contributed by atoms with van der Waals surface area (Å²) < 4.78 is 10.4. The van der Waals surface area contributed by atoms with Crippen molar-refractivity contribution in [3.8, 4) is 11.5 Å². The number of rotatable bonds is 6. The van der Waals surface area contributed by atoms with Crippen LogP contribution in [0.1, 0.15) is 0 Å². The minimum absolute atomic E-state index is 0.426. The Hall–Kier alpha value is -3.45. The molecule has 0 unspecified atom stereocenters. The summed E-state index contributed by atoms with van der Waals surface area (Å²) in [6, 6.07) is 22.0. The predicted octanol–water partition coefficient (Wildman–Crippen LogP) is 4.43. The summed E-state index contributed by atoms with van der Waals surface area (Å²) in [5.74, 6) is -0.560. The number of hydrogen-bond donors (Lipinski definition) is 2. The normalized spacial score (nSPS) is 10.1. The van der Waals surface area contributed by atoms with Crippen LogP contribution < -0.4 is 20.1 Å². The molecule has 29 heavy (non-hydrogen) atoms. The van der Waals surface area contributed by atoms with Crippen LogP contribution in [0.2, 0.25) is 0 Å². The predicted molar refractivity (Wildman–Crippen MR) is 114 cm³/mol. The monoisotopic (exact) mass is 408 g/mol. The molecule has 0 saturated heterocycles. The van der Waals surface area contributed by atoms with Crippen LogP contribution in [0.5, 0.6) is 11.5 Å². The summed E-state index contributed by atoms with van der Waals surface area (Å²) in [6.07, 6.45) is 0. The van der Waals surface area contributed by atoms with Gasteiger partial charge in [-0.3, -0.25) is 9.59 Å². The molecule has 0 aromatic heterocycles. The maximum atomic E-state index is 12.4. The smallest absolute Gasteiger partial charge is 0.314 e. The van der Waals surface area contributed by atoms with Crippen molar-refractivity contribution in [3.05, 3.63) is 72.8 Å². The summed E-state index contributed by atoms with van der Waals surface area (Å²) in [5.41, 5.74) is 0.989. The second-order valence-corrected chi connectivity index (χ2v) is 7.00. The van der Waals surface area contributed by atoms with Crippen molar-refractivity contribution < 1.29 is 19.1 Å². The van der Waals surface area contributed by atoms with Gasteiger partial charge in [-0.05, 0) is 36.4 Å². The highest BCUT2D eigenvalue weighted by Gasteiger charge is 2.17. The number of hydrogen-bond acceptors (Lipinski definition) is 5. The van der Waals surface area contributed by atoms with Gasteiger partial charge in [0, 0.05) is 21.5 Å². The summed E-state index contributed by atoms with van der Waals surface area (Å²) >= 11 is 1.50. The molecule has 3 rings (SSSR count). The van der Waals surface area contributed by atoms with Gasteiger partial charge < -0.3 is 20.1 Å². The van der Waals surface area contributed by atoms with Crippen molar-refractivity contribution in [1.82, 2.24) is 0 Å². The number of carbonyl (C=O) groups is 2. The van der Waals surface area contributed by atoms with Crippen molar-refractivity contribution in [2.45, 2.75) is 9.79 Å². The SMILES string of the molecule is COc1ccc(NC(=O)C(=O)Nc2ccccc2Sc2ccccc2)cc1OC. The third-order valence-electron chi connectivity index (χ3n) is 3.95. The fourth-order valence-corrected chi connectivity index (χ4v) is 3.48. The molecule has 2 amide bonds. The van der Waals surface area contributed by atoms with Gasteiger partial charge in [0.15, 0.2) is 11.5 Å². The molecule has 3 aromatic rings. The minimum atomic E-state index is -0.781. The average molecular weight is 408 g/mol. The lowest BCUT2D eigenvalue weighted by Gasteiger charge is -2.12. The fraction of sp³-hybridized carbons (Fsp3) is 0.0909. The van der Waals surface area contributed by atoms with Gasteiger partial charge in [-0.1, -0.05) is 42.1 Å². The number of carbonyl (C=O) groups excluding carboxylic acids is 2. The molecule has 0 aliphatic heterocycles. The first-order valence-electron chi connectivity index (χ1n) is 8.77. The van der Waals surface area contributed by atoms with E-state index in [0.29, 0.717) is 22.9 Å². The van der Waals surface area contributed by atoms with Crippen LogP contribution in [0.25, 0.3) is 0 Å². The van der Waals surface area contributed by atoms with E-state index in [9.17, 15) is 9.59 Å². The number of anilines is 2. The number of ether oxygens (including phenoxy) is 2. The summed E-state index contributed by atoms with van der Waals surface area (Å²) in [6.45, 7) is 0. The molecule has 0 fully saturated rings. The Bertz CT molecular complexity index is 1010. The lowest BCUT2D eigenvalue weighted by Crippen LogP contribution is -2.29. The van der Waals surface area contributed by atoms with Crippen LogP contribution in [0.3, 0.4) is 0 Å². The number of methoxy groups -OCH3 is 2. The lowest BCUT2D eigenvalue weighted by molar-refractivity contribution is -0.133. The third-order valence-corrected chi connectivity index (χ3v) is 5.04. The molecule has 7 heteroatoms. The van der Waals surface area contributed by atoms with Gasteiger partial charge >= 0.3 is 11.8 Å². The highest BCUT2D eigenvalue weighted by Crippen LogP contribution is 2.33. The molecule has 3 aromatic carbocycles. The molecule has 0 aliphatic carbocycles. The van der Waals surface area contributed by atoms with Crippen LogP contribution in [-0.4, -0.2) is 26.0 Å². The van der Waals surface area contributed by atoms with Crippen LogP contribution in [0, 0.1) is 0 Å². The van der Waals surface area contributed by atoms with E-state index in [1.807, 2.05) is 42.5 Å². The van der Waals surface area contributed by atoms with Gasteiger partial charge in [0.05, 0.1) is 19.9 Å². The highest BCUT2D eigenvalue weighted by atomic mass is 32.2. The van der Waals surface area contributed by atoms with Crippen LogP contribution in [0.15, 0.2) is 82.6 Å². The van der Waals surface area contributed by atoms with Gasteiger partial charge in [-0.25, -0.2) is 0 Å². The molecule has 2 N–H and O–H groups in total. The maximum Gasteiger partial charge on any atom is 0.314 e. The first-order valence-corrected chi connectivity index (χ1v) is 9.58. The molecule has 0 aliphatic rings. The van der Waals surface area contributed by atoms with Gasteiger partial charge in [0.2, 0.25) is 0 Å². The standard InChI is InChI=1S/C22H20N2O4S/c1-27-18-13-12-15(14-19(18)28-2)23-21(25)22(26)24-17-10-6-7-11-20(17)29-16-8-4-3-5-9-16/h3-14H,1-2H3,(H,23,25)(H,24,26). The van der Waals surface area contributed by atoms with Gasteiger partial charge in [0.25, 0.3) is 0 Å². The Morgan fingerprint density at radius 2 is 1.41 bits per heavy atom. The summed E-state index contributed by atoms with van der Waals surface area (Å²) in [5, 5.41) is 5.24. The van der Waals surface area contributed by atoms with Gasteiger partial charge in [0.1, 0.15) is 0 Å². The largest absolute Gasteiger partial charge is 0.493 e. The number of amides is 2. The molecule has 0 bridgehead atoms. The van der Waals surface area contributed by atoms with Crippen molar-refractivity contribution in [3.63, 3.8) is 0 Å². The van der Waals surface area contributed by atoms with Gasteiger partial charge in [-0.2, -0.15) is 0 Å².